The maximum absolute atomic E-state index is 13.0. The lowest BCUT2D eigenvalue weighted by molar-refractivity contribution is 0.0951. The molecule has 3 nitrogen and oxygen atoms in total. The van der Waals surface area contributed by atoms with Crippen LogP contribution in [-0.4, -0.2) is 37.0 Å². The molecule has 1 aliphatic rings. The zero-order valence-corrected chi connectivity index (χ0v) is 14.7. The van der Waals surface area contributed by atoms with E-state index in [4.69, 9.17) is 11.6 Å². The smallest absolute Gasteiger partial charge is 0.252 e. The maximum Gasteiger partial charge on any atom is 0.252 e. The fourth-order valence-corrected chi connectivity index (χ4v) is 3.66. The molecule has 0 saturated carbocycles. The number of carbonyl (C=O) groups excluding carboxylic acids is 1. The van der Waals surface area contributed by atoms with E-state index in [1.54, 1.807) is 0 Å². The molecule has 1 heterocycles. The summed E-state index contributed by atoms with van der Waals surface area (Å²) >= 11 is 5.89. The minimum atomic E-state index is -0.434. The number of amides is 1. The fraction of sp³-hybridized carbons (Fsp3) is 0.611. The molecule has 0 aliphatic carbocycles. The molecule has 0 bridgehead atoms. The second-order valence-electron chi connectivity index (χ2n) is 6.79. The summed E-state index contributed by atoms with van der Waals surface area (Å²) in [7, 11) is 0. The second-order valence-corrected chi connectivity index (χ2v) is 7.20. The van der Waals surface area contributed by atoms with Gasteiger partial charge in [-0.15, -0.1) is 0 Å². The number of nitrogens with zero attached hydrogens (tertiary/aromatic N) is 1. The lowest BCUT2D eigenvalue weighted by Crippen LogP contribution is -2.39. The molecule has 2 atom stereocenters. The maximum atomic E-state index is 13.0. The standard InChI is InChI=1S/C18H26ClFN2O/c1-13-9-14(2)12-22(11-13)8-4-3-7-21-18(23)16-6-5-15(20)10-17(16)19/h5-6,10,13-14H,3-4,7-9,11-12H2,1-2H3,(H,21,23)/t13-,14-/m0/s1. The zero-order chi connectivity index (χ0) is 16.8. The molecule has 0 aromatic heterocycles. The number of likely N-dealkylation sites (tertiary alicyclic amines) is 1. The van der Waals surface area contributed by atoms with Crippen LogP contribution in [0.5, 0.6) is 0 Å². The Kier molecular flexibility index (Phi) is 6.85. The van der Waals surface area contributed by atoms with Crippen LogP contribution in [0.1, 0.15) is 43.5 Å². The molecule has 1 fully saturated rings. The summed E-state index contributed by atoms with van der Waals surface area (Å²) in [5.74, 6) is 0.880. The largest absolute Gasteiger partial charge is 0.352 e. The van der Waals surface area contributed by atoms with Crippen molar-refractivity contribution in [1.82, 2.24) is 10.2 Å². The summed E-state index contributed by atoms with van der Waals surface area (Å²) in [4.78, 5) is 14.5. The number of rotatable bonds is 6. The van der Waals surface area contributed by atoms with Crippen molar-refractivity contribution in [3.8, 4) is 0 Å². The van der Waals surface area contributed by atoms with E-state index in [-0.39, 0.29) is 10.9 Å². The molecular formula is C18H26ClFN2O. The molecule has 5 heteroatoms. The first-order chi connectivity index (χ1) is 11.0. The minimum absolute atomic E-state index is 0.152. The molecule has 23 heavy (non-hydrogen) atoms. The van der Waals surface area contributed by atoms with Crippen LogP contribution in [0.3, 0.4) is 0 Å². The molecule has 0 unspecified atom stereocenters. The summed E-state index contributed by atoms with van der Waals surface area (Å²) in [6.07, 6.45) is 3.33. The first-order valence-corrected chi connectivity index (χ1v) is 8.79. The molecule has 1 saturated heterocycles. The van der Waals surface area contributed by atoms with Crippen molar-refractivity contribution in [1.29, 1.82) is 0 Å². The van der Waals surface area contributed by atoms with Gasteiger partial charge >= 0.3 is 0 Å². The van der Waals surface area contributed by atoms with Crippen LogP contribution in [0.15, 0.2) is 18.2 Å². The topological polar surface area (TPSA) is 32.3 Å². The summed E-state index contributed by atoms with van der Waals surface area (Å²) in [6, 6.07) is 3.83. The first kappa shape index (κ1) is 18.2. The number of benzene rings is 1. The van der Waals surface area contributed by atoms with Crippen LogP contribution in [0, 0.1) is 17.7 Å². The van der Waals surface area contributed by atoms with Crippen molar-refractivity contribution < 1.29 is 9.18 Å². The van der Waals surface area contributed by atoms with E-state index in [1.807, 2.05) is 0 Å². The number of hydrogen-bond donors (Lipinski definition) is 1. The van der Waals surface area contributed by atoms with Gasteiger partial charge in [-0.25, -0.2) is 4.39 Å². The number of unbranched alkanes of at least 4 members (excludes halogenated alkanes) is 1. The predicted molar refractivity (Wildman–Crippen MR) is 92.4 cm³/mol. The van der Waals surface area contributed by atoms with E-state index in [2.05, 4.69) is 24.1 Å². The quantitative estimate of drug-likeness (QED) is 0.795. The molecule has 128 valence electrons. The SMILES string of the molecule is C[C@H]1C[C@H](C)CN(CCCCNC(=O)c2ccc(F)cc2Cl)C1. The van der Waals surface area contributed by atoms with E-state index in [1.165, 1.54) is 31.6 Å². The Morgan fingerprint density at radius 2 is 2.00 bits per heavy atom. The third kappa shape index (κ3) is 5.78. The molecule has 0 spiro atoms. The van der Waals surface area contributed by atoms with Crippen molar-refractivity contribution in [3.63, 3.8) is 0 Å². The third-order valence-electron chi connectivity index (χ3n) is 4.31. The Morgan fingerprint density at radius 1 is 1.30 bits per heavy atom. The average molecular weight is 341 g/mol. The van der Waals surface area contributed by atoms with Crippen LogP contribution >= 0.6 is 11.6 Å². The summed E-state index contributed by atoms with van der Waals surface area (Å²) < 4.78 is 13.0. The Morgan fingerprint density at radius 3 is 2.65 bits per heavy atom. The highest BCUT2D eigenvalue weighted by Crippen LogP contribution is 2.21. The van der Waals surface area contributed by atoms with E-state index >= 15 is 0 Å². The normalized spacial score (nSPS) is 22.1. The van der Waals surface area contributed by atoms with Gasteiger partial charge in [0.2, 0.25) is 0 Å². The highest BCUT2D eigenvalue weighted by atomic mass is 35.5. The van der Waals surface area contributed by atoms with Gasteiger partial charge in [-0.05, 0) is 55.8 Å². The molecule has 1 aromatic rings. The van der Waals surface area contributed by atoms with E-state index < -0.39 is 5.82 Å². The number of hydrogen-bond acceptors (Lipinski definition) is 2. The zero-order valence-electron chi connectivity index (χ0n) is 13.9. The lowest BCUT2D eigenvalue weighted by atomic mass is 9.92. The predicted octanol–water partition coefficient (Wildman–Crippen LogP) is 3.97. The van der Waals surface area contributed by atoms with Crippen LogP contribution in [0.2, 0.25) is 5.02 Å². The number of piperidine rings is 1. The van der Waals surface area contributed by atoms with Crippen LogP contribution in [-0.2, 0) is 0 Å². The Bertz CT molecular complexity index is 528. The average Bonchev–Trinajstić information content (AvgIpc) is 2.45. The number of carbonyl (C=O) groups is 1. The number of nitrogens with one attached hydrogen (secondary N) is 1. The molecule has 1 N–H and O–H groups in total. The van der Waals surface area contributed by atoms with Crippen LogP contribution in [0.25, 0.3) is 0 Å². The Balaban J connectivity index is 1.66. The van der Waals surface area contributed by atoms with Crippen LogP contribution < -0.4 is 5.32 Å². The van der Waals surface area contributed by atoms with E-state index in [0.29, 0.717) is 12.1 Å². The van der Waals surface area contributed by atoms with Crippen molar-refractivity contribution in [2.45, 2.75) is 33.1 Å². The minimum Gasteiger partial charge on any atom is -0.352 e. The summed E-state index contributed by atoms with van der Waals surface area (Å²) in [6.45, 7) is 8.70. The van der Waals surface area contributed by atoms with Gasteiger partial charge in [0.15, 0.2) is 0 Å². The van der Waals surface area contributed by atoms with Gasteiger partial charge in [-0.2, -0.15) is 0 Å². The Hall–Kier alpha value is -1.13. The molecule has 1 aliphatic heterocycles. The van der Waals surface area contributed by atoms with Crippen molar-refractivity contribution in [3.05, 3.63) is 34.6 Å². The van der Waals surface area contributed by atoms with Gasteiger partial charge in [-0.1, -0.05) is 25.4 Å². The van der Waals surface area contributed by atoms with Gasteiger partial charge in [0.25, 0.3) is 5.91 Å². The van der Waals surface area contributed by atoms with Crippen molar-refractivity contribution >= 4 is 17.5 Å². The van der Waals surface area contributed by atoms with Gasteiger partial charge < -0.3 is 10.2 Å². The van der Waals surface area contributed by atoms with Gasteiger partial charge in [0, 0.05) is 19.6 Å². The van der Waals surface area contributed by atoms with Crippen molar-refractivity contribution in [2.75, 3.05) is 26.2 Å². The first-order valence-electron chi connectivity index (χ1n) is 8.41. The summed E-state index contributed by atoms with van der Waals surface area (Å²) in [5, 5.41) is 3.00. The highest BCUT2D eigenvalue weighted by molar-refractivity contribution is 6.33. The molecule has 0 radical (unpaired) electrons. The van der Waals surface area contributed by atoms with Gasteiger partial charge in [0.05, 0.1) is 10.6 Å². The number of halogens is 2. The van der Waals surface area contributed by atoms with E-state index in [0.717, 1.165) is 37.3 Å². The lowest BCUT2D eigenvalue weighted by Gasteiger charge is -2.34. The molecular weight excluding hydrogens is 315 g/mol. The van der Waals surface area contributed by atoms with Crippen LogP contribution in [0.4, 0.5) is 4.39 Å². The Labute approximate surface area is 143 Å². The molecule has 1 aromatic carbocycles. The second kappa shape index (κ2) is 8.65. The fourth-order valence-electron chi connectivity index (χ4n) is 3.41. The monoisotopic (exact) mass is 340 g/mol. The molecule has 2 rings (SSSR count). The summed E-state index contributed by atoms with van der Waals surface area (Å²) in [5.41, 5.74) is 0.326. The van der Waals surface area contributed by atoms with Crippen molar-refractivity contribution in [2.24, 2.45) is 11.8 Å². The van der Waals surface area contributed by atoms with Gasteiger partial charge in [0.1, 0.15) is 5.82 Å². The van der Waals surface area contributed by atoms with Gasteiger partial charge in [-0.3, -0.25) is 4.79 Å². The third-order valence-corrected chi connectivity index (χ3v) is 4.62. The highest BCUT2D eigenvalue weighted by Gasteiger charge is 2.21. The molecule has 1 amide bonds. The van der Waals surface area contributed by atoms with E-state index in [9.17, 15) is 9.18 Å².